The number of hydrogen-bond acceptors (Lipinski definition) is 7. The van der Waals surface area contributed by atoms with Crippen LogP contribution in [-0.2, 0) is 19.0 Å². The summed E-state index contributed by atoms with van der Waals surface area (Å²) in [5.41, 5.74) is -1.88. The molecule has 0 saturated carbocycles. The maximum Gasteiger partial charge on any atom is 0.410 e. The summed E-state index contributed by atoms with van der Waals surface area (Å²) in [6.07, 6.45) is 34.6. The van der Waals surface area contributed by atoms with Crippen LogP contribution in [0.3, 0.4) is 0 Å². The molecule has 390 valence electrons. The molecule has 0 aromatic carbocycles. The molecule has 4 amide bonds. The average Bonchev–Trinajstić information content (AvgIpc) is 3.21. The van der Waals surface area contributed by atoms with Gasteiger partial charge in [-0.15, -0.1) is 0 Å². The van der Waals surface area contributed by atoms with E-state index in [4.69, 9.17) is 14.2 Å². The summed E-state index contributed by atoms with van der Waals surface area (Å²) >= 11 is 0. The van der Waals surface area contributed by atoms with Gasteiger partial charge in [0.05, 0.1) is 0 Å². The highest BCUT2D eigenvalue weighted by Gasteiger charge is 2.25. The molecule has 0 saturated heterocycles. The standard InChI is InChI=1S/C55H108N4O7/c1-12-14-16-18-20-22-24-26-28-30-32-34-40-48(41-35-33-31-29-27-25-23-21-19-17-15-13-2)49(60)56-42-38-46-58(51(62)65-54(6,7)8)44-36-37-45-59(52(63)66-55(9,10)11)47-39-43-57-50(61)64-53(3,4)5/h48H,12-47H2,1-11H3,(H,56,60)(H,57,61). The molecule has 0 heterocycles. The predicted octanol–water partition coefficient (Wildman–Crippen LogP) is 15.5. The van der Waals surface area contributed by atoms with Crippen molar-refractivity contribution >= 4 is 24.2 Å². The van der Waals surface area contributed by atoms with Crippen LogP contribution < -0.4 is 10.6 Å². The van der Waals surface area contributed by atoms with Crippen molar-refractivity contribution in [3.63, 3.8) is 0 Å². The van der Waals surface area contributed by atoms with Crippen LogP contribution in [0.2, 0.25) is 0 Å². The molecule has 0 bridgehead atoms. The Morgan fingerprint density at radius 2 is 0.667 bits per heavy atom. The summed E-state index contributed by atoms with van der Waals surface area (Å²) in [6, 6.07) is 0. The van der Waals surface area contributed by atoms with Gasteiger partial charge in [-0.1, -0.05) is 168 Å². The largest absolute Gasteiger partial charge is 0.444 e. The molecule has 0 atom stereocenters. The van der Waals surface area contributed by atoms with Crippen molar-refractivity contribution < 1.29 is 33.4 Å². The van der Waals surface area contributed by atoms with Gasteiger partial charge in [-0.2, -0.15) is 0 Å². The van der Waals surface area contributed by atoms with Crippen LogP contribution in [0, 0.1) is 5.92 Å². The third-order valence-electron chi connectivity index (χ3n) is 11.8. The quantitative estimate of drug-likeness (QED) is 0.0463. The maximum atomic E-state index is 13.7. The lowest BCUT2D eigenvalue weighted by atomic mass is 9.93. The van der Waals surface area contributed by atoms with E-state index in [1.165, 1.54) is 141 Å². The van der Waals surface area contributed by atoms with Gasteiger partial charge in [0.2, 0.25) is 5.91 Å². The molecule has 0 aromatic heterocycles. The van der Waals surface area contributed by atoms with E-state index in [-0.39, 0.29) is 17.9 Å². The van der Waals surface area contributed by atoms with E-state index in [1.54, 1.807) is 9.80 Å². The molecular formula is C55H108N4O7. The van der Waals surface area contributed by atoms with Crippen molar-refractivity contribution in [2.24, 2.45) is 5.92 Å². The van der Waals surface area contributed by atoms with Crippen LogP contribution in [0.5, 0.6) is 0 Å². The van der Waals surface area contributed by atoms with E-state index in [1.807, 2.05) is 62.3 Å². The minimum atomic E-state index is -0.647. The molecule has 0 aromatic rings. The van der Waals surface area contributed by atoms with Crippen LogP contribution in [0.1, 0.15) is 269 Å². The monoisotopic (exact) mass is 937 g/mol. The van der Waals surface area contributed by atoms with Crippen molar-refractivity contribution in [1.29, 1.82) is 0 Å². The molecule has 11 nitrogen and oxygen atoms in total. The normalized spacial score (nSPS) is 12.0. The lowest BCUT2D eigenvalue weighted by Gasteiger charge is -2.29. The Kier molecular flexibility index (Phi) is 37.5. The van der Waals surface area contributed by atoms with Crippen LogP contribution >= 0.6 is 0 Å². The van der Waals surface area contributed by atoms with Gasteiger partial charge in [0.15, 0.2) is 0 Å². The molecule has 0 spiro atoms. The lowest BCUT2D eigenvalue weighted by Crippen LogP contribution is -2.41. The van der Waals surface area contributed by atoms with E-state index >= 15 is 0 Å². The number of carbonyl (C=O) groups excluding carboxylic acids is 4. The Balaban J connectivity index is 5.20. The highest BCUT2D eigenvalue weighted by Crippen LogP contribution is 2.21. The summed E-state index contributed by atoms with van der Waals surface area (Å²) in [7, 11) is 0. The minimum absolute atomic E-state index is 0.0409. The Hall–Kier alpha value is -2.72. The number of alkyl carbamates (subject to hydrolysis) is 1. The minimum Gasteiger partial charge on any atom is -0.444 e. The average molecular weight is 937 g/mol. The van der Waals surface area contributed by atoms with Crippen LogP contribution in [0.4, 0.5) is 14.4 Å². The number of hydrogen-bond donors (Lipinski definition) is 2. The van der Waals surface area contributed by atoms with E-state index in [0.29, 0.717) is 65.0 Å². The van der Waals surface area contributed by atoms with Gasteiger partial charge in [0, 0.05) is 45.2 Å². The van der Waals surface area contributed by atoms with Crippen molar-refractivity contribution in [3.05, 3.63) is 0 Å². The van der Waals surface area contributed by atoms with Gasteiger partial charge >= 0.3 is 18.3 Å². The first-order valence-electron chi connectivity index (χ1n) is 27.5. The fraction of sp³-hybridized carbons (Fsp3) is 0.927. The van der Waals surface area contributed by atoms with Crippen LogP contribution in [0.25, 0.3) is 0 Å². The second kappa shape index (κ2) is 39.2. The zero-order valence-electron chi connectivity index (χ0n) is 45.3. The summed E-state index contributed by atoms with van der Waals surface area (Å²) < 4.78 is 16.8. The Morgan fingerprint density at radius 1 is 0.379 bits per heavy atom. The van der Waals surface area contributed by atoms with Crippen LogP contribution in [0.15, 0.2) is 0 Å². The van der Waals surface area contributed by atoms with E-state index in [9.17, 15) is 19.2 Å². The molecule has 0 rings (SSSR count). The highest BCUT2D eigenvalue weighted by atomic mass is 16.6. The van der Waals surface area contributed by atoms with E-state index in [2.05, 4.69) is 24.5 Å². The summed E-state index contributed by atoms with van der Waals surface area (Å²) in [5, 5.41) is 6.02. The zero-order valence-corrected chi connectivity index (χ0v) is 45.3. The number of ether oxygens (including phenoxy) is 3. The molecular weight excluding hydrogens is 829 g/mol. The Bertz CT molecular complexity index is 1180. The SMILES string of the molecule is CCCCCCCCCCCCCCC(CCCCCCCCCCCCCC)C(=O)NCCCN(CCCCN(CCCNC(=O)OC(C)(C)C)C(=O)OC(C)(C)C)C(=O)OC(C)(C)C. The number of rotatable bonds is 40. The number of unbranched alkanes of at least 4 members (excludes halogenated alkanes) is 23. The van der Waals surface area contributed by atoms with Gasteiger partial charge < -0.3 is 34.6 Å². The summed E-state index contributed by atoms with van der Waals surface area (Å²) in [6.45, 7) is 23.8. The maximum absolute atomic E-state index is 13.7. The Morgan fingerprint density at radius 3 is 0.985 bits per heavy atom. The smallest absolute Gasteiger partial charge is 0.410 e. The van der Waals surface area contributed by atoms with E-state index in [0.717, 1.165) is 25.7 Å². The van der Waals surface area contributed by atoms with Gasteiger partial charge in [0.25, 0.3) is 0 Å². The van der Waals surface area contributed by atoms with Crippen molar-refractivity contribution in [2.45, 2.75) is 286 Å². The zero-order chi connectivity index (χ0) is 49.5. The number of nitrogens with one attached hydrogen (secondary N) is 2. The molecule has 66 heavy (non-hydrogen) atoms. The third-order valence-corrected chi connectivity index (χ3v) is 11.8. The lowest BCUT2D eigenvalue weighted by molar-refractivity contribution is -0.125. The fourth-order valence-corrected chi connectivity index (χ4v) is 8.12. The molecule has 11 heteroatoms. The molecule has 0 unspecified atom stereocenters. The molecule has 0 aliphatic carbocycles. The molecule has 0 aliphatic heterocycles. The van der Waals surface area contributed by atoms with Gasteiger partial charge in [-0.25, -0.2) is 14.4 Å². The fourth-order valence-electron chi connectivity index (χ4n) is 8.12. The number of amides is 4. The summed E-state index contributed by atoms with van der Waals surface area (Å²) in [4.78, 5) is 55.7. The van der Waals surface area contributed by atoms with E-state index < -0.39 is 29.0 Å². The van der Waals surface area contributed by atoms with Crippen LogP contribution in [-0.4, -0.2) is 90.1 Å². The first-order valence-corrected chi connectivity index (χ1v) is 27.5. The number of nitrogens with zero attached hydrogens (tertiary/aromatic N) is 2. The van der Waals surface area contributed by atoms with Gasteiger partial charge in [-0.05, 0) is 101 Å². The van der Waals surface area contributed by atoms with Gasteiger partial charge in [0.1, 0.15) is 16.8 Å². The molecule has 0 radical (unpaired) electrons. The molecule has 0 aliphatic rings. The van der Waals surface area contributed by atoms with Crippen molar-refractivity contribution in [1.82, 2.24) is 20.4 Å². The third kappa shape index (κ3) is 41.5. The molecule has 0 fully saturated rings. The second-order valence-electron chi connectivity index (χ2n) is 22.1. The molecule has 2 N–H and O–H groups in total. The first kappa shape index (κ1) is 63.3. The second-order valence-corrected chi connectivity index (χ2v) is 22.1. The first-order chi connectivity index (χ1) is 31.3. The predicted molar refractivity (Wildman–Crippen MR) is 276 cm³/mol. The van der Waals surface area contributed by atoms with Crippen molar-refractivity contribution in [2.75, 3.05) is 39.3 Å². The van der Waals surface area contributed by atoms with Crippen molar-refractivity contribution in [3.8, 4) is 0 Å². The topological polar surface area (TPSA) is 127 Å². The Labute approximate surface area is 407 Å². The van der Waals surface area contributed by atoms with Gasteiger partial charge in [-0.3, -0.25) is 4.79 Å². The highest BCUT2D eigenvalue weighted by molar-refractivity contribution is 5.78. The summed E-state index contributed by atoms with van der Waals surface area (Å²) in [5.74, 6) is 0.202. The number of carbonyl (C=O) groups is 4.